The van der Waals surface area contributed by atoms with E-state index in [1.165, 1.54) is 11.1 Å². The van der Waals surface area contributed by atoms with E-state index in [0.717, 1.165) is 31.9 Å². The molecule has 4 heteroatoms. The van der Waals surface area contributed by atoms with Crippen LogP contribution in [0.5, 0.6) is 5.75 Å². The van der Waals surface area contributed by atoms with Crippen molar-refractivity contribution in [2.24, 2.45) is 0 Å². The molecule has 1 unspecified atom stereocenters. The van der Waals surface area contributed by atoms with Crippen molar-refractivity contribution in [2.45, 2.75) is 33.3 Å². The Morgan fingerprint density at radius 3 is 2.55 bits per heavy atom. The molecule has 4 nitrogen and oxygen atoms in total. The maximum atomic E-state index is 9.83. The van der Waals surface area contributed by atoms with Gasteiger partial charge in [0.25, 0.3) is 0 Å². The van der Waals surface area contributed by atoms with Gasteiger partial charge in [-0.1, -0.05) is 6.07 Å². The van der Waals surface area contributed by atoms with E-state index < -0.39 is 6.10 Å². The molecule has 0 heterocycles. The first-order valence-corrected chi connectivity index (χ1v) is 7.29. The van der Waals surface area contributed by atoms with Crippen molar-refractivity contribution in [3.63, 3.8) is 0 Å². The minimum Gasteiger partial charge on any atom is -0.491 e. The number of ether oxygens (including phenoxy) is 2. The van der Waals surface area contributed by atoms with Gasteiger partial charge in [-0.15, -0.1) is 0 Å². The van der Waals surface area contributed by atoms with Crippen molar-refractivity contribution in [1.82, 2.24) is 5.32 Å². The molecule has 0 spiro atoms. The van der Waals surface area contributed by atoms with E-state index in [1.54, 1.807) is 0 Å². The highest BCUT2D eigenvalue weighted by atomic mass is 16.5. The smallest absolute Gasteiger partial charge is 0.119 e. The van der Waals surface area contributed by atoms with E-state index in [9.17, 15) is 5.11 Å². The maximum Gasteiger partial charge on any atom is 0.119 e. The number of aliphatic hydroxyl groups excluding tert-OH is 1. The summed E-state index contributed by atoms with van der Waals surface area (Å²) in [7, 11) is 0. The van der Waals surface area contributed by atoms with Gasteiger partial charge in [0.15, 0.2) is 0 Å². The van der Waals surface area contributed by atoms with Gasteiger partial charge in [0.2, 0.25) is 0 Å². The molecule has 20 heavy (non-hydrogen) atoms. The lowest BCUT2D eigenvalue weighted by Gasteiger charge is -2.14. The molecule has 0 radical (unpaired) electrons. The Labute approximate surface area is 122 Å². The van der Waals surface area contributed by atoms with Gasteiger partial charge in [-0.05, 0) is 57.0 Å². The van der Waals surface area contributed by atoms with Gasteiger partial charge in [0, 0.05) is 19.8 Å². The first-order valence-electron chi connectivity index (χ1n) is 7.29. The molecule has 0 aliphatic rings. The van der Waals surface area contributed by atoms with Gasteiger partial charge in [-0.25, -0.2) is 0 Å². The Kier molecular flexibility index (Phi) is 8.26. The van der Waals surface area contributed by atoms with E-state index >= 15 is 0 Å². The topological polar surface area (TPSA) is 50.7 Å². The average molecular weight is 281 g/mol. The van der Waals surface area contributed by atoms with E-state index in [1.807, 2.05) is 32.9 Å². The number of rotatable bonds is 10. The minimum atomic E-state index is -0.497. The molecule has 1 atom stereocenters. The normalized spacial score (nSPS) is 12.4. The molecule has 114 valence electrons. The highest BCUT2D eigenvalue weighted by Gasteiger charge is 2.05. The summed E-state index contributed by atoms with van der Waals surface area (Å²) in [6.07, 6.45) is 0.460. The molecule has 0 bridgehead atoms. The quantitative estimate of drug-likeness (QED) is 0.645. The summed E-state index contributed by atoms with van der Waals surface area (Å²) in [5.41, 5.74) is 2.34. The fraction of sp³-hybridized carbons (Fsp3) is 0.625. The second-order valence-corrected chi connectivity index (χ2v) is 5.04. The number of hydrogen-bond acceptors (Lipinski definition) is 4. The number of aliphatic hydroxyl groups is 1. The van der Waals surface area contributed by atoms with Crippen LogP contribution < -0.4 is 10.1 Å². The molecule has 0 aliphatic carbocycles. The van der Waals surface area contributed by atoms with Crippen LogP contribution in [0.1, 0.15) is 24.5 Å². The minimum absolute atomic E-state index is 0.307. The number of benzene rings is 1. The summed E-state index contributed by atoms with van der Waals surface area (Å²) in [6, 6.07) is 6.06. The van der Waals surface area contributed by atoms with Crippen LogP contribution in [0.25, 0.3) is 0 Å². The molecule has 0 fully saturated rings. The molecule has 0 saturated heterocycles. The zero-order chi connectivity index (χ0) is 14.8. The fourth-order valence-electron chi connectivity index (χ4n) is 1.98. The molecule has 0 aromatic heterocycles. The van der Waals surface area contributed by atoms with Gasteiger partial charge in [0.1, 0.15) is 18.5 Å². The van der Waals surface area contributed by atoms with Gasteiger partial charge < -0.3 is 19.9 Å². The van der Waals surface area contributed by atoms with Crippen LogP contribution in [0, 0.1) is 13.8 Å². The van der Waals surface area contributed by atoms with Crippen LogP contribution in [-0.4, -0.2) is 44.1 Å². The van der Waals surface area contributed by atoms with Crippen molar-refractivity contribution in [2.75, 3.05) is 32.9 Å². The van der Waals surface area contributed by atoms with Crippen molar-refractivity contribution < 1.29 is 14.6 Å². The van der Waals surface area contributed by atoms with Gasteiger partial charge in [-0.2, -0.15) is 0 Å². The average Bonchev–Trinajstić information content (AvgIpc) is 2.39. The van der Waals surface area contributed by atoms with Crippen molar-refractivity contribution in [3.8, 4) is 5.75 Å². The summed E-state index contributed by atoms with van der Waals surface area (Å²) < 4.78 is 10.9. The van der Waals surface area contributed by atoms with Crippen LogP contribution in [0.2, 0.25) is 0 Å². The Hall–Kier alpha value is -1.10. The summed E-state index contributed by atoms with van der Waals surface area (Å²) in [4.78, 5) is 0. The van der Waals surface area contributed by atoms with E-state index in [-0.39, 0.29) is 0 Å². The molecule has 0 aliphatic heterocycles. The predicted octanol–water partition coefficient (Wildman–Crippen LogP) is 2.06. The zero-order valence-electron chi connectivity index (χ0n) is 12.8. The predicted molar refractivity (Wildman–Crippen MR) is 81.4 cm³/mol. The molecule has 0 saturated carbocycles. The Balaban J connectivity index is 2.14. The first kappa shape index (κ1) is 17.0. The first-order chi connectivity index (χ1) is 9.61. The van der Waals surface area contributed by atoms with Gasteiger partial charge in [0.05, 0.1) is 0 Å². The van der Waals surface area contributed by atoms with E-state index in [0.29, 0.717) is 13.2 Å². The molecule has 0 amide bonds. The van der Waals surface area contributed by atoms with Gasteiger partial charge >= 0.3 is 0 Å². The molecule has 1 rings (SSSR count). The fourth-order valence-corrected chi connectivity index (χ4v) is 1.98. The third kappa shape index (κ3) is 7.48. The lowest BCUT2D eigenvalue weighted by molar-refractivity contribution is 0.104. The third-order valence-corrected chi connectivity index (χ3v) is 2.86. The van der Waals surface area contributed by atoms with E-state index in [2.05, 4.69) is 11.4 Å². The highest BCUT2D eigenvalue weighted by molar-refractivity contribution is 5.32. The van der Waals surface area contributed by atoms with Gasteiger partial charge in [-0.3, -0.25) is 0 Å². The van der Waals surface area contributed by atoms with Crippen molar-refractivity contribution in [1.29, 1.82) is 0 Å². The second kappa shape index (κ2) is 9.75. The number of nitrogens with one attached hydrogen (secondary N) is 1. The molecule has 2 N–H and O–H groups in total. The standard InChI is InChI=1S/C16H27NO3/c1-4-19-7-5-6-17-11-15(18)12-20-16-9-13(2)8-14(3)10-16/h8-10,15,17-18H,4-7,11-12H2,1-3H3. The molecular formula is C16H27NO3. The van der Waals surface area contributed by atoms with Crippen LogP contribution in [0.3, 0.4) is 0 Å². The number of aryl methyl sites for hydroxylation is 2. The molecule has 1 aromatic carbocycles. The Morgan fingerprint density at radius 1 is 1.20 bits per heavy atom. The van der Waals surface area contributed by atoms with Crippen LogP contribution in [-0.2, 0) is 4.74 Å². The summed E-state index contributed by atoms with van der Waals surface area (Å²) in [5.74, 6) is 0.817. The third-order valence-electron chi connectivity index (χ3n) is 2.86. The highest BCUT2D eigenvalue weighted by Crippen LogP contribution is 2.16. The summed E-state index contributed by atoms with van der Waals surface area (Å²) in [6.45, 7) is 9.28. The summed E-state index contributed by atoms with van der Waals surface area (Å²) in [5, 5.41) is 13.0. The van der Waals surface area contributed by atoms with Crippen molar-refractivity contribution >= 4 is 0 Å². The maximum absolute atomic E-state index is 9.83. The Morgan fingerprint density at radius 2 is 1.90 bits per heavy atom. The van der Waals surface area contributed by atoms with E-state index in [4.69, 9.17) is 9.47 Å². The largest absolute Gasteiger partial charge is 0.491 e. The molecule has 1 aromatic rings. The Bertz CT molecular complexity index is 362. The second-order valence-electron chi connectivity index (χ2n) is 5.04. The van der Waals surface area contributed by atoms with Crippen LogP contribution in [0.15, 0.2) is 18.2 Å². The lowest BCUT2D eigenvalue weighted by atomic mass is 10.1. The SMILES string of the molecule is CCOCCCNCC(O)COc1cc(C)cc(C)c1. The van der Waals surface area contributed by atoms with Crippen LogP contribution >= 0.6 is 0 Å². The van der Waals surface area contributed by atoms with Crippen LogP contribution in [0.4, 0.5) is 0 Å². The molecular weight excluding hydrogens is 254 g/mol. The number of hydrogen-bond donors (Lipinski definition) is 2. The monoisotopic (exact) mass is 281 g/mol. The van der Waals surface area contributed by atoms with Crippen molar-refractivity contribution in [3.05, 3.63) is 29.3 Å². The lowest BCUT2D eigenvalue weighted by Crippen LogP contribution is -2.32. The zero-order valence-corrected chi connectivity index (χ0v) is 12.8. The summed E-state index contributed by atoms with van der Waals surface area (Å²) >= 11 is 0.